The summed E-state index contributed by atoms with van der Waals surface area (Å²) in [6, 6.07) is 4.79. The molecule has 0 saturated carbocycles. The summed E-state index contributed by atoms with van der Waals surface area (Å²) in [5, 5.41) is 0. The van der Waals surface area contributed by atoms with Crippen molar-refractivity contribution in [3.05, 3.63) is 35.4 Å². The van der Waals surface area contributed by atoms with Crippen LogP contribution in [0.25, 0.3) is 0 Å². The van der Waals surface area contributed by atoms with E-state index in [0.29, 0.717) is 26.2 Å². The summed E-state index contributed by atoms with van der Waals surface area (Å²) in [6.07, 6.45) is -4.38. The molecule has 0 bridgehead atoms. The van der Waals surface area contributed by atoms with Crippen LogP contribution in [0.5, 0.6) is 0 Å². The lowest BCUT2D eigenvalue weighted by molar-refractivity contribution is -0.138. The van der Waals surface area contributed by atoms with Crippen LogP contribution in [0.2, 0.25) is 0 Å². The number of hydrogen-bond acceptors (Lipinski definition) is 3. The van der Waals surface area contributed by atoms with Gasteiger partial charge in [-0.2, -0.15) is 13.2 Å². The molecule has 0 aliphatic heterocycles. The Labute approximate surface area is 117 Å². The van der Waals surface area contributed by atoms with Crippen molar-refractivity contribution in [1.82, 2.24) is 4.90 Å². The highest BCUT2D eigenvalue weighted by atomic mass is 19.4. The topological polar surface area (TPSA) is 38.5 Å². The van der Waals surface area contributed by atoms with Gasteiger partial charge < -0.3 is 10.5 Å². The predicted molar refractivity (Wildman–Crippen MR) is 72.4 cm³/mol. The van der Waals surface area contributed by atoms with Gasteiger partial charge in [-0.05, 0) is 18.2 Å². The van der Waals surface area contributed by atoms with Crippen molar-refractivity contribution in [2.75, 3.05) is 33.4 Å². The van der Waals surface area contributed by atoms with Gasteiger partial charge in [-0.25, -0.2) is 0 Å². The van der Waals surface area contributed by atoms with E-state index in [1.807, 2.05) is 11.8 Å². The van der Waals surface area contributed by atoms with Gasteiger partial charge in [0.1, 0.15) is 0 Å². The van der Waals surface area contributed by atoms with E-state index in [1.54, 1.807) is 13.2 Å². The van der Waals surface area contributed by atoms with Gasteiger partial charge in [-0.1, -0.05) is 25.1 Å². The van der Waals surface area contributed by atoms with E-state index in [0.717, 1.165) is 6.07 Å². The lowest BCUT2D eigenvalue weighted by Gasteiger charge is -2.25. The minimum atomic E-state index is -4.38. The Morgan fingerprint density at radius 3 is 2.50 bits per heavy atom. The third-order valence-electron chi connectivity index (χ3n) is 3.18. The average molecular weight is 290 g/mol. The third-order valence-corrected chi connectivity index (χ3v) is 3.18. The van der Waals surface area contributed by atoms with Gasteiger partial charge in [0.15, 0.2) is 0 Å². The van der Waals surface area contributed by atoms with Crippen LogP contribution in [-0.2, 0) is 10.9 Å². The van der Waals surface area contributed by atoms with E-state index in [1.165, 1.54) is 12.1 Å². The van der Waals surface area contributed by atoms with Crippen LogP contribution >= 0.6 is 0 Å². The van der Waals surface area contributed by atoms with Crippen molar-refractivity contribution in [3.8, 4) is 0 Å². The van der Waals surface area contributed by atoms with E-state index >= 15 is 0 Å². The zero-order valence-electron chi connectivity index (χ0n) is 11.8. The standard InChI is InChI=1S/C14H21F3N2O/c1-3-19(8-9-20-2)10-13(18)11-6-4-5-7-12(11)14(15,16)17/h4-7,13H,3,8-10,18H2,1-2H3. The molecular formula is C14H21F3N2O. The molecular weight excluding hydrogens is 269 g/mol. The Bertz CT molecular complexity index is 410. The van der Waals surface area contributed by atoms with E-state index in [4.69, 9.17) is 10.5 Å². The number of likely N-dealkylation sites (N-methyl/N-ethyl adjacent to an activating group) is 1. The summed E-state index contributed by atoms with van der Waals surface area (Å²) in [5.41, 5.74) is 5.44. The molecule has 0 aliphatic rings. The fourth-order valence-corrected chi connectivity index (χ4v) is 2.05. The molecule has 0 amide bonds. The van der Waals surface area contributed by atoms with Gasteiger partial charge >= 0.3 is 6.18 Å². The molecule has 1 aromatic rings. The second-order valence-corrected chi connectivity index (χ2v) is 4.58. The Balaban J connectivity index is 2.84. The van der Waals surface area contributed by atoms with Gasteiger partial charge in [0.2, 0.25) is 0 Å². The average Bonchev–Trinajstić information content (AvgIpc) is 2.42. The number of benzene rings is 1. The van der Waals surface area contributed by atoms with Crippen molar-refractivity contribution in [2.45, 2.75) is 19.1 Å². The fourth-order valence-electron chi connectivity index (χ4n) is 2.05. The molecule has 20 heavy (non-hydrogen) atoms. The lowest BCUT2D eigenvalue weighted by Crippen LogP contribution is -2.35. The normalized spacial score (nSPS) is 13.8. The maximum atomic E-state index is 12.9. The summed E-state index contributed by atoms with van der Waals surface area (Å²) >= 11 is 0. The van der Waals surface area contributed by atoms with E-state index in [-0.39, 0.29) is 5.56 Å². The minimum Gasteiger partial charge on any atom is -0.383 e. The number of nitrogens with zero attached hydrogens (tertiary/aromatic N) is 1. The Morgan fingerprint density at radius 2 is 1.95 bits per heavy atom. The molecule has 3 nitrogen and oxygen atoms in total. The quantitative estimate of drug-likeness (QED) is 0.839. The van der Waals surface area contributed by atoms with E-state index < -0.39 is 17.8 Å². The summed E-state index contributed by atoms with van der Waals surface area (Å²) in [5.74, 6) is 0. The summed E-state index contributed by atoms with van der Waals surface area (Å²) < 4.78 is 43.8. The second-order valence-electron chi connectivity index (χ2n) is 4.58. The first-order valence-electron chi connectivity index (χ1n) is 6.53. The van der Waals surface area contributed by atoms with Crippen molar-refractivity contribution < 1.29 is 17.9 Å². The van der Waals surface area contributed by atoms with Crippen molar-refractivity contribution in [1.29, 1.82) is 0 Å². The smallest absolute Gasteiger partial charge is 0.383 e. The van der Waals surface area contributed by atoms with Gasteiger partial charge in [-0.15, -0.1) is 0 Å². The molecule has 0 radical (unpaired) electrons. The summed E-state index contributed by atoms with van der Waals surface area (Å²) in [4.78, 5) is 1.97. The largest absolute Gasteiger partial charge is 0.416 e. The number of alkyl halides is 3. The third kappa shape index (κ3) is 4.77. The van der Waals surface area contributed by atoms with Crippen molar-refractivity contribution >= 4 is 0 Å². The van der Waals surface area contributed by atoms with Crippen LogP contribution in [0, 0.1) is 0 Å². The molecule has 0 saturated heterocycles. The molecule has 0 spiro atoms. The number of ether oxygens (including phenoxy) is 1. The highest BCUT2D eigenvalue weighted by Gasteiger charge is 2.34. The minimum absolute atomic E-state index is 0.135. The predicted octanol–water partition coefficient (Wildman–Crippen LogP) is 2.67. The van der Waals surface area contributed by atoms with E-state index in [9.17, 15) is 13.2 Å². The molecule has 0 fully saturated rings. The molecule has 0 aromatic heterocycles. The van der Waals surface area contributed by atoms with Crippen LogP contribution in [0.1, 0.15) is 24.1 Å². The van der Waals surface area contributed by atoms with Crippen molar-refractivity contribution in [2.24, 2.45) is 5.73 Å². The molecule has 1 rings (SSSR count). The van der Waals surface area contributed by atoms with E-state index in [2.05, 4.69) is 0 Å². The number of halogens is 3. The van der Waals surface area contributed by atoms with Crippen molar-refractivity contribution in [3.63, 3.8) is 0 Å². The van der Waals surface area contributed by atoms with Crippen LogP contribution in [0.15, 0.2) is 24.3 Å². The number of methoxy groups -OCH3 is 1. The highest BCUT2D eigenvalue weighted by Crippen LogP contribution is 2.34. The fraction of sp³-hybridized carbons (Fsp3) is 0.571. The van der Waals surface area contributed by atoms with Gasteiger partial charge in [0.25, 0.3) is 0 Å². The Hall–Kier alpha value is -1.11. The first-order valence-corrected chi connectivity index (χ1v) is 6.53. The monoisotopic (exact) mass is 290 g/mol. The molecule has 6 heteroatoms. The molecule has 1 aromatic carbocycles. The zero-order valence-corrected chi connectivity index (χ0v) is 11.8. The molecule has 1 unspecified atom stereocenters. The van der Waals surface area contributed by atoms with Crippen LogP contribution < -0.4 is 5.73 Å². The molecule has 1 atom stereocenters. The number of nitrogens with two attached hydrogens (primary N) is 1. The lowest BCUT2D eigenvalue weighted by atomic mass is 10.00. The molecule has 114 valence electrons. The van der Waals surface area contributed by atoms with Crippen LogP contribution in [-0.4, -0.2) is 38.3 Å². The number of rotatable bonds is 7. The Morgan fingerprint density at radius 1 is 1.30 bits per heavy atom. The first-order chi connectivity index (χ1) is 9.40. The van der Waals surface area contributed by atoms with Crippen LogP contribution in [0.3, 0.4) is 0 Å². The maximum absolute atomic E-state index is 12.9. The second kappa shape index (κ2) is 7.61. The van der Waals surface area contributed by atoms with Crippen LogP contribution in [0.4, 0.5) is 13.2 Å². The zero-order chi connectivity index (χ0) is 15.2. The summed E-state index contributed by atoms with van der Waals surface area (Å²) in [6.45, 7) is 4.20. The SMILES string of the molecule is CCN(CCOC)CC(N)c1ccccc1C(F)(F)F. The molecule has 0 heterocycles. The first kappa shape index (κ1) is 16.9. The Kier molecular flexibility index (Phi) is 6.45. The maximum Gasteiger partial charge on any atom is 0.416 e. The number of hydrogen-bond donors (Lipinski definition) is 1. The molecule has 2 N–H and O–H groups in total. The van der Waals surface area contributed by atoms with Gasteiger partial charge in [-0.3, -0.25) is 4.90 Å². The van der Waals surface area contributed by atoms with Gasteiger partial charge in [0.05, 0.1) is 12.2 Å². The van der Waals surface area contributed by atoms with Gasteiger partial charge in [0, 0.05) is 26.2 Å². The highest BCUT2D eigenvalue weighted by molar-refractivity contribution is 5.32. The molecule has 0 aliphatic carbocycles. The summed E-state index contributed by atoms with van der Waals surface area (Å²) in [7, 11) is 1.59.